The van der Waals surface area contributed by atoms with Gasteiger partial charge >= 0.3 is 11.8 Å². The number of anilines is 2. The highest BCUT2D eigenvalue weighted by Crippen LogP contribution is 2.29. The summed E-state index contributed by atoms with van der Waals surface area (Å²) in [5, 5.41) is 15.5. The predicted molar refractivity (Wildman–Crippen MR) is 89.9 cm³/mol. The van der Waals surface area contributed by atoms with Crippen molar-refractivity contribution in [1.82, 2.24) is 0 Å². The Bertz CT molecular complexity index is 821. The molecule has 0 radical (unpaired) electrons. The SMILES string of the molecule is COc1cccc(NC(=O)C(=O)Nc2ccc([N+](=O)[O-])cc2OC)c1. The van der Waals surface area contributed by atoms with E-state index in [0.29, 0.717) is 11.4 Å². The number of ether oxygens (including phenoxy) is 2. The van der Waals surface area contributed by atoms with E-state index >= 15 is 0 Å². The van der Waals surface area contributed by atoms with Crippen LogP contribution in [-0.2, 0) is 9.59 Å². The van der Waals surface area contributed by atoms with Gasteiger partial charge < -0.3 is 20.1 Å². The fourth-order valence-electron chi connectivity index (χ4n) is 1.96. The third kappa shape index (κ3) is 4.44. The maximum atomic E-state index is 12.0. The van der Waals surface area contributed by atoms with Gasteiger partial charge in [0, 0.05) is 17.8 Å². The van der Waals surface area contributed by atoms with E-state index in [1.165, 1.54) is 26.4 Å². The van der Waals surface area contributed by atoms with Crippen molar-refractivity contribution in [3.05, 3.63) is 52.6 Å². The molecule has 0 heterocycles. The third-order valence-electron chi connectivity index (χ3n) is 3.18. The van der Waals surface area contributed by atoms with Gasteiger partial charge in [0.05, 0.1) is 30.9 Å². The highest BCUT2D eigenvalue weighted by Gasteiger charge is 2.18. The monoisotopic (exact) mass is 345 g/mol. The third-order valence-corrected chi connectivity index (χ3v) is 3.18. The highest BCUT2D eigenvalue weighted by atomic mass is 16.6. The van der Waals surface area contributed by atoms with Crippen molar-refractivity contribution in [3.63, 3.8) is 0 Å². The molecule has 130 valence electrons. The predicted octanol–water partition coefficient (Wildman–Crippen LogP) is 2.19. The van der Waals surface area contributed by atoms with Crippen LogP contribution in [0.1, 0.15) is 0 Å². The Kier molecular flexibility index (Phi) is 5.51. The molecule has 9 heteroatoms. The maximum Gasteiger partial charge on any atom is 0.314 e. The molecule has 0 atom stereocenters. The number of non-ortho nitro benzene ring substituents is 1. The number of hydrogen-bond donors (Lipinski definition) is 2. The van der Waals surface area contributed by atoms with Crippen molar-refractivity contribution in [2.45, 2.75) is 0 Å². The van der Waals surface area contributed by atoms with Crippen molar-refractivity contribution >= 4 is 28.9 Å². The van der Waals surface area contributed by atoms with Gasteiger partial charge in [0.1, 0.15) is 11.5 Å². The number of benzene rings is 2. The molecule has 0 saturated heterocycles. The number of hydrogen-bond acceptors (Lipinski definition) is 6. The standard InChI is InChI=1S/C16H15N3O6/c1-24-12-5-3-4-10(8-12)17-15(20)16(21)18-13-7-6-11(19(22)23)9-14(13)25-2/h3-9H,1-2H3,(H,17,20)(H,18,21). The topological polar surface area (TPSA) is 120 Å². The lowest BCUT2D eigenvalue weighted by atomic mass is 10.2. The summed E-state index contributed by atoms with van der Waals surface area (Å²) >= 11 is 0. The fraction of sp³-hybridized carbons (Fsp3) is 0.125. The summed E-state index contributed by atoms with van der Waals surface area (Å²) in [5.74, 6) is -1.27. The van der Waals surface area contributed by atoms with Gasteiger partial charge in [0.2, 0.25) is 0 Å². The summed E-state index contributed by atoms with van der Waals surface area (Å²) in [7, 11) is 2.78. The van der Waals surface area contributed by atoms with Crippen LogP contribution in [0.25, 0.3) is 0 Å². The number of nitrogens with one attached hydrogen (secondary N) is 2. The second-order valence-corrected chi connectivity index (χ2v) is 4.78. The van der Waals surface area contributed by atoms with Gasteiger partial charge in [-0.1, -0.05) is 6.07 Å². The summed E-state index contributed by atoms with van der Waals surface area (Å²) < 4.78 is 10.0. The Labute approximate surface area is 142 Å². The average molecular weight is 345 g/mol. The van der Waals surface area contributed by atoms with Gasteiger partial charge in [-0.3, -0.25) is 19.7 Å². The van der Waals surface area contributed by atoms with Crippen LogP contribution in [0.5, 0.6) is 11.5 Å². The number of nitrogens with zero attached hydrogens (tertiary/aromatic N) is 1. The van der Waals surface area contributed by atoms with Gasteiger partial charge in [-0.25, -0.2) is 0 Å². The molecule has 25 heavy (non-hydrogen) atoms. The fourth-order valence-corrected chi connectivity index (χ4v) is 1.96. The minimum absolute atomic E-state index is 0.0664. The zero-order valence-corrected chi connectivity index (χ0v) is 13.4. The molecule has 0 aliphatic carbocycles. The summed E-state index contributed by atoms with van der Waals surface area (Å²) in [5.41, 5.74) is 0.324. The highest BCUT2D eigenvalue weighted by molar-refractivity contribution is 6.43. The Morgan fingerprint density at radius 3 is 2.36 bits per heavy atom. The zero-order valence-electron chi connectivity index (χ0n) is 13.4. The molecule has 9 nitrogen and oxygen atoms in total. The van der Waals surface area contributed by atoms with Crippen molar-refractivity contribution in [3.8, 4) is 11.5 Å². The van der Waals surface area contributed by atoms with Gasteiger partial charge in [-0.15, -0.1) is 0 Å². The first-order chi connectivity index (χ1) is 11.9. The molecule has 2 N–H and O–H groups in total. The molecule has 2 amide bonds. The Morgan fingerprint density at radius 1 is 1.00 bits per heavy atom. The number of amides is 2. The molecule has 2 aromatic carbocycles. The number of nitro benzene ring substituents is 1. The van der Waals surface area contributed by atoms with E-state index in [0.717, 1.165) is 6.07 Å². The molecular formula is C16H15N3O6. The largest absolute Gasteiger partial charge is 0.497 e. The summed E-state index contributed by atoms with van der Waals surface area (Å²) in [6, 6.07) is 10.1. The second kappa shape index (κ2) is 7.77. The Balaban J connectivity index is 2.10. The number of rotatable bonds is 5. The van der Waals surface area contributed by atoms with E-state index in [9.17, 15) is 19.7 Å². The summed E-state index contributed by atoms with van der Waals surface area (Å²) in [6.07, 6.45) is 0. The minimum atomic E-state index is -0.949. The first kappa shape index (κ1) is 17.7. The van der Waals surface area contributed by atoms with Crippen LogP contribution in [0.3, 0.4) is 0 Å². The van der Waals surface area contributed by atoms with Crippen molar-refractivity contribution in [1.29, 1.82) is 0 Å². The van der Waals surface area contributed by atoms with Crippen LogP contribution in [0.2, 0.25) is 0 Å². The Hall–Kier alpha value is -3.62. The molecule has 2 rings (SSSR count). The van der Waals surface area contributed by atoms with E-state index in [4.69, 9.17) is 9.47 Å². The lowest BCUT2D eigenvalue weighted by molar-refractivity contribution is -0.384. The molecular weight excluding hydrogens is 330 g/mol. The van der Waals surface area contributed by atoms with Crippen LogP contribution in [0, 0.1) is 10.1 Å². The van der Waals surface area contributed by atoms with E-state index in [2.05, 4.69) is 10.6 Å². The van der Waals surface area contributed by atoms with Crippen LogP contribution < -0.4 is 20.1 Å². The van der Waals surface area contributed by atoms with Gasteiger partial charge in [-0.05, 0) is 18.2 Å². The Morgan fingerprint density at radius 2 is 1.72 bits per heavy atom. The molecule has 0 bridgehead atoms. The van der Waals surface area contributed by atoms with Gasteiger partial charge in [0.25, 0.3) is 5.69 Å². The summed E-state index contributed by atoms with van der Waals surface area (Å²) in [4.78, 5) is 34.2. The zero-order chi connectivity index (χ0) is 18.4. The quantitative estimate of drug-likeness (QED) is 0.487. The molecule has 2 aromatic rings. The van der Waals surface area contributed by atoms with Crippen LogP contribution in [0.15, 0.2) is 42.5 Å². The molecule has 0 aliphatic heterocycles. The first-order valence-electron chi connectivity index (χ1n) is 7.03. The van der Waals surface area contributed by atoms with Gasteiger partial charge in [0.15, 0.2) is 0 Å². The molecule has 0 aliphatic rings. The van der Waals surface area contributed by atoms with E-state index in [-0.39, 0.29) is 17.1 Å². The normalized spacial score (nSPS) is 9.84. The number of carbonyl (C=O) groups excluding carboxylic acids is 2. The van der Waals surface area contributed by atoms with E-state index < -0.39 is 16.7 Å². The molecule has 0 spiro atoms. The first-order valence-corrected chi connectivity index (χ1v) is 7.03. The smallest absolute Gasteiger partial charge is 0.314 e. The maximum absolute atomic E-state index is 12.0. The van der Waals surface area contributed by atoms with Crippen molar-refractivity contribution in [2.24, 2.45) is 0 Å². The lowest BCUT2D eigenvalue weighted by Crippen LogP contribution is -2.29. The number of carbonyl (C=O) groups is 2. The second-order valence-electron chi connectivity index (χ2n) is 4.78. The summed E-state index contributed by atoms with van der Waals surface area (Å²) in [6.45, 7) is 0. The lowest BCUT2D eigenvalue weighted by Gasteiger charge is -2.10. The van der Waals surface area contributed by atoms with Crippen LogP contribution in [-0.4, -0.2) is 31.0 Å². The van der Waals surface area contributed by atoms with Crippen molar-refractivity contribution in [2.75, 3.05) is 24.9 Å². The minimum Gasteiger partial charge on any atom is -0.497 e. The average Bonchev–Trinajstić information content (AvgIpc) is 2.61. The van der Waals surface area contributed by atoms with E-state index in [1.807, 2.05) is 0 Å². The molecule has 0 saturated carbocycles. The van der Waals surface area contributed by atoms with Crippen molar-refractivity contribution < 1.29 is 24.0 Å². The van der Waals surface area contributed by atoms with Gasteiger partial charge in [-0.2, -0.15) is 0 Å². The molecule has 0 fully saturated rings. The van der Waals surface area contributed by atoms with Crippen LogP contribution >= 0.6 is 0 Å². The number of methoxy groups -OCH3 is 2. The molecule has 0 aromatic heterocycles. The number of nitro groups is 1. The van der Waals surface area contributed by atoms with Crippen LogP contribution in [0.4, 0.5) is 17.1 Å². The molecule has 0 unspecified atom stereocenters. The van der Waals surface area contributed by atoms with E-state index in [1.54, 1.807) is 24.3 Å².